The summed E-state index contributed by atoms with van der Waals surface area (Å²) in [4.78, 5) is 3.97. The minimum Gasteiger partial charge on any atom is -0.337 e. The van der Waals surface area contributed by atoms with E-state index in [4.69, 9.17) is 0 Å². The maximum Gasteiger partial charge on any atom is 0.0945 e. The molecule has 0 aliphatic heterocycles. The Labute approximate surface area is 73.2 Å². The Hall–Kier alpha value is -0.870. The second kappa shape index (κ2) is 4.90. The lowest BCUT2D eigenvalue weighted by atomic mass is 10.4. The molecular weight excluding hydrogens is 152 g/mol. The third kappa shape index (κ3) is 3.50. The average molecular weight is 168 g/mol. The molecule has 1 aromatic rings. The molecule has 0 bridgehead atoms. The third-order valence-electron chi connectivity index (χ3n) is 1.58. The van der Waals surface area contributed by atoms with Gasteiger partial charge in [-0.2, -0.15) is 0 Å². The van der Waals surface area contributed by atoms with Crippen molar-refractivity contribution in [3.8, 4) is 0 Å². The highest BCUT2D eigenvalue weighted by molar-refractivity contribution is 4.73. The Morgan fingerprint density at radius 2 is 2.33 bits per heavy atom. The normalized spacial score (nSPS) is 10.9. The minimum absolute atomic E-state index is 1.01. The molecule has 0 aromatic carbocycles. The highest BCUT2D eigenvalue weighted by Gasteiger charge is 1.90. The van der Waals surface area contributed by atoms with Gasteiger partial charge in [-0.05, 0) is 6.42 Å². The van der Waals surface area contributed by atoms with Gasteiger partial charge >= 0.3 is 0 Å². The molecular formula is C8H16N4. The summed E-state index contributed by atoms with van der Waals surface area (Å²) in [5.41, 5.74) is 3.21. The Kier molecular flexibility index (Phi) is 3.76. The van der Waals surface area contributed by atoms with E-state index in [2.05, 4.69) is 15.0 Å². The van der Waals surface area contributed by atoms with Crippen LogP contribution >= 0.6 is 0 Å². The Bertz CT molecular complexity index is 193. The number of hydrazine groups is 1. The lowest BCUT2D eigenvalue weighted by Crippen LogP contribution is -2.31. The number of imidazole rings is 1. The van der Waals surface area contributed by atoms with Crippen LogP contribution in [0, 0.1) is 0 Å². The zero-order chi connectivity index (χ0) is 8.81. The molecule has 0 radical (unpaired) electrons. The summed E-state index contributed by atoms with van der Waals surface area (Å²) in [6.07, 6.45) is 6.75. The van der Waals surface area contributed by atoms with Crippen LogP contribution in [0.3, 0.4) is 0 Å². The molecule has 0 saturated carbocycles. The van der Waals surface area contributed by atoms with E-state index in [1.807, 2.05) is 31.6 Å². The predicted octanol–water partition coefficient (Wildman–Crippen LogP) is 0.339. The molecule has 1 N–H and O–H groups in total. The molecule has 0 amide bonds. The lowest BCUT2D eigenvalue weighted by Gasteiger charge is -2.11. The molecule has 12 heavy (non-hydrogen) atoms. The number of nitrogens with zero attached hydrogens (tertiary/aromatic N) is 3. The minimum atomic E-state index is 1.01. The Morgan fingerprint density at radius 3 is 2.92 bits per heavy atom. The van der Waals surface area contributed by atoms with Gasteiger partial charge in [0.1, 0.15) is 0 Å². The summed E-state index contributed by atoms with van der Waals surface area (Å²) in [5.74, 6) is 0. The van der Waals surface area contributed by atoms with Gasteiger partial charge in [0.25, 0.3) is 0 Å². The van der Waals surface area contributed by atoms with Crippen molar-refractivity contribution in [1.82, 2.24) is 20.0 Å². The second-order valence-electron chi connectivity index (χ2n) is 2.96. The monoisotopic (exact) mass is 168 g/mol. The summed E-state index contributed by atoms with van der Waals surface area (Å²) in [6.45, 7) is 2.03. The van der Waals surface area contributed by atoms with E-state index in [-0.39, 0.29) is 0 Å². The summed E-state index contributed by atoms with van der Waals surface area (Å²) in [5, 5.41) is 1.97. The van der Waals surface area contributed by atoms with Crippen LogP contribution in [-0.4, -0.2) is 35.2 Å². The van der Waals surface area contributed by atoms with Gasteiger partial charge in [-0.1, -0.05) is 0 Å². The summed E-state index contributed by atoms with van der Waals surface area (Å²) < 4.78 is 2.08. The van der Waals surface area contributed by atoms with Crippen molar-refractivity contribution in [2.45, 2.75) is 13.0 Å². The van der Waals surface area contributed by atoms with Gasteiger partial charge in [-0.3, -0.25) is 10.4 Å². The van der Waals surface area contributed by atoms with Crippen LogP contribution in [-0.2, 0) is 6.54 Å². The van der Waals surface area contributed by atoms with Gasteiger partial charge in [-0.15, -0.1) is 0 Å². The molecule has 4 nitrogen and oxygen atoms in total. The molecule has 0 spiro atoms. The topological polar surface area (TPSA) is 33.1 Å². The number of nitrogens with one attached hydrogen (secondary N) is 1. The number of aryl methyl sites for hydroxylation is 1. The quantitative estimate of drug-likeness (QED) is 0.508. The zero-order valence-corrected chi connectivity index (χ0v) is 7.70. The smallest absolute Gasteiger partial charge is 0.0945 e. The molecule has 1 aromatic heterocycles. The summed E-state index contributed by atoms with van der Waals surface area (Å²) in [7, 11) is 3.99. The van der Waals surface area contributed by atoms with E-state index in [0.29, 0.717) is 0 Å². The highest BCUT2D eigenvalue weighted by atomic mass is 15.5. The zero-order valence-electron chi connectivity index (χ0n) is 7.70. The maximum atomic E-state index is 3.97. The fraction of sp³-hybridized carbons (Fsp3) is 0.625. The molecule has 0 saturated heterocycles. The average Bonchev–Trinajstić information content (AvgIpc) is 2.49. The van der Waals surface area contributed by atoms with Crippen molar-refractivity contribution in [1.29, 1.82) is 0 Å². The Balaban J connectivity index is 2.04. The van der Waals surface area contributed by atoms with Gasteiger partial charge in [0.15, 0.2) is 0 Å². The molecule has 4 heteroatoms. The highest BCUT2D eigenvalue weighted by Crippen LogP contribution is 1.88. The number of hydrogen-bond donors (Lipinski definition) is 1. The van der Waals surface area contributed by atoms with Crippen LogP contribution in [0.4, 0.5) is 0 Å². The third-order valence-corrected chi connectivity index (χ3v) is 1.58. The molecule has 0 aliphatic carbocycles. The van der Waals surface area contributed by atoms with Gasteiger partial charge in [-0.25, -0.2) is 4.98 Å². The SMILES string of the molecule is CN(C)NCCCn1ccnc1. The first-order valence-electron chi connectivity index (χ1n) is 4.15. The van der Waals surface area contributed by atoms with Crippen LogP contribution in [0.5, 0.6) is 0 Å². The number of hydrogen-bond acceptors (Lipinski definition) is 3. The van der Waals surface area contributed by atoms with Crippen molar-refractivity contribution < 1.29 is 0 Å². The van der Waals surface area contributed by atoms with Crippen LogP contribution < -0.4 is 5.43 Å². The first kappa shape index (κ1) is 9.22. The van der Waals surface area contributed by atoms with E-state index >= 15 is 0 Å². The van der Waals surface area contributed by atoms with E-state index < -0.39 is 0 Å². The number of rotatable bonds is 5. The molecule has 1 rings (SSSR count). The van der Waals surface area contributed by atoms with Crippen LogP contribution in [0.2, 0.25) is 0 Å². The standard InChI is InChI=1S/C8H16N4/c1-11(2)10-4-3-6-12-7-5-9-8-12/h5,7-8,10H,3-4,6H2,1-2H3. The largest absolute Gasteiger partial charge is 0.337 e. The van der Waals surface area contributed by atoms with Crippen molar-refractivity contribution in [2.75, 3.05) is 20.6 Å². The van der Waals surface area contributed by atoms with Crippen LogP contribution in [0.25, 0.3) is 0 Å². The van der Waals surface area contributed by atoms with Gasteiger partial charge in [0, 0.05) is 39.6 Å². The van der Waals surface area contributed by atoms with Crippen molar-refractivity contribution in [3.63, 3.8) is 0 Å². The summed E-state index contributed by atoms with van der Waals surface area (Å²) in [6, 6.07) is 0. The van der Waals surface area contributed by atoms with Crippen molar-refractivity contribution in [2.24, 2.45) is 0 Å². The molecule has 0 atom stereocenters. The van der Waals surface area contributed by atoms with Gasteiger partial charge < -0.3 is 4.57 Å². The van der Waals surface area contributed by atoms with Crippen LogP contribution in [0.1, 0.15) is 6.42 Å². The van der Waals surface area contributed by atoms with E-state index in [9.17, 15) is 0 Å². The lowest BCUT2D eigenvalue weighted by molar-refractivity contribution is 0.285. The van der Waals surface area contributed by atoms with E-state index in [1.54, 1.807) is 6.20 Å². The van der Waals surface area contributed by atoms with E-state index in [0.717, 1.165) is 19.5 Å². The van der Waals surface area contributed by atoms with Crippen molar-refractivity contribution in [3.05, 3.63) is 18.7 Å². The molecule has 1 heterocycles. The molecule has 68 valence electrons. The fourth-order valence-corrected chi connectivity index (χ4v) is 0.983. The van der Waals surface area contributed by atoms with Gasteiger partial charge in [0.05, 0.1) is 6.33 Å². The summed E-state index contributed by atoms with van der Waals surface area (Å²) >= 11 is 0. The fourth-order valence-electron chi connectivity index (χ4n) is 0.983. The Morgan fingerprint density at radius 1 is 1.50 bits per heavy atom. The number of aromatic nitrogens is 2. The maximum absolute atomic E-state index is 3.97. The molecule has 0 unspecified atom stereocenters. The first-order valence-corrected chi connectivity index (χ1v) is 4.15. The molecule has 0 fully saturated rings. The molecule has 0 aliphatic rings. The second-order valence-corrected chi connectivity index (χ2v) is 2.96. The first-order chi connectivity index (χ1) is 5.79. The van der Waals surface area contributed by atoms with Gasteiger partial charge in [0.2, 0.25) is 0 Å². The van der Waals surface area contributed by atoms with Crippen molar-refractivity contribution >= 4 is 0 Å². The predicted molar refractivity (Wildman–Crippen MR) is 48.5 cm³/mol. The van der Waals surface area contributed by atoms with Crippen LogP contribution in [0.15, 0.2) is 18.7 Å². The van der Waals surface area contributed by atoms with E-state index in [1.165, 1.54) is 0 Å².